The number of ether oxygens (including phenoxy) is 2. The maximum absolute atomic E-state index is 12.2. The normalized spacial score (nSPS) is 17.2. The minimum atomic E-state index is -0.0291. The molecule has 0 unspecified atom stereocenters. The van der Waals surface area contributed by atoms with Gasteiger partial charge in [0.15, 0.2) is 0 Å². The second-order valence-electron chi connectivity index (χ2n) is 6.99. The molecule has 3 rings (SSSR count). The lowest BCUT2D eigenvalue weighted by atomic mass is 10.1. The Bertz CT molecular complexity index is 718. The molecule has 1 atom stereocenters. The quantitative estimate of drug-likeness (QED) is 0.673. The number of carbonyl (C=O) groups excluding carboxylic acids is 1. The zero-order valence-corrected chi connectivity index (χ0v) is 16.6. The van der Waals surface area contributed by atoms with Crippen LogP contribution in [-0.2, 0) is 4.74 Å². The molecule has 5 nitrogen and oxygen atoms in total. The summed E-state index contributed by atoms with van der Waals surface area (Å²) in [4.78, 5) is 14.7. The van der Waals surface area contributed by atoms with Crippen molar-refractivity contribution in [2.45, 2.75) is 25.9 Å². The average Bonchev–Trinajstić information content (AvgIpc) is 2.75. The van der Waals surface area contributed by atoms with E-state index >= 15 is 0 Å². The van der Waals surface area contributed by atoms with E-state index in [2.05, 4.69) is 34.5 Å². The van der Waals surface area contributed by atoms with Gasteiger partial charge in [-0.05, 0) is 56.1 Å². The molecule has 150 valence electrons. The van der Waals surface area contributed by atoms with Crippen LogP contribution >= 0.6 is 0 Å². The number of unbranched alkanes of at least 4 members (excludes halogenated alkanes) is 1. The molecule has 0 radical (unpaired) electrons. The Labute approximate surface area is 167 Å². The number of rotatable bonds is 9. The lowest BCUT2D eigenvalue weighted by Gasteiger charge is -2.33. The van der Waals surface area contributed by atoms with Crippen molar-refractivity contribution in [3.63, 3.8) is 0 Å². The van der Waals surface area contributed by atoms with E-state index in [4.69, 9.17) is 9.47 Å². The molecule has 1 saturated heterocycles. The van der Waals surface area contributed by atoms with Gasteiger partial charge >= 0.3 is 0 Å². The summed E-state index contributed by atoms with van der Waals surface area (Å²) in [6.45, 7) is 6.97. The van der Waals surface area contributed by atoms with Gasteiger partial charge in [-0.3, -0.25) is 9.69 Å². The van der Waals surface area contributed by atoms with Crippen LogP contribution in [0.5, 0.6) is 5.75 Å². The van der Waals surface area contributed by atoms with Crippen LogP contribution in [0, 0.1) is 0 Å². The molecule has 0 aliphatic carbocycles. The van der Waals surface area contributed by atoms with Crippen LogP contribution in [0.4, 0.5) is 0 Å². The summed E-state index contributed by atoms with van der Waals surface area (Å²) in [6, 6.07) is 17.7. The molecule has 0 spiro atoms. The van der Waals surface area contributed by atoms with Crippen LogP contribution in [0.1, 0.15) is 41.8 Å². The zero-order valence-electron chi connectivity index (χ0n) is 16.6. The van der Waals surface area contributed by atoms with Crippen molar-refractivity contribution < 1.29 is 14.3 Å². The number of morpholine rings is 1. The second kappa shape index (κ2) is 10.8. The second-order valence-corrected chi connectivity index (χ2v) is 6.99. The van der Waals surface area contributed by atoms with Gasteiger partial charge in [-0.25, -0.2) is 0 Å². The van der Waals surface area contributed by atoms with Crippen LogP contribution in [-0.4, -0.2) is 50.2 Å². The minimum Gasteiger partial charge on any atom is -0.494 e. The number of benzene rings is 2. The molecular weight excluding hydrogens is 352 g/mol. The molecule has 2 aromatic carbocycles. The van der Waals surface area contributed by atoms with Crippen molar-refractivity contribution in [2.24, 2.45) is 0 Å². The van der Waals surface area contributed by atoms with E-state index in [-0.39, 0.29) is 12.0 Å². The summed E-state index contributed by atoms with van der Waals surface area (Å²) in [5, 5.41) is 3.00. The highest BCUT2D eigenvalue weighted by atomic mass is 16.5. The van der Waals surface area contributed by atoms with Crippen LogP contribution in [0.15, 0.2) is 54.6 Å². The molecule has 1 aliphatic rings. The van der Waals surface area contributed by atoms with Gasteiger partial charge in [0, 0.05) is 25.2 Å². The Balaban J connectivity index is 1.33. The molecule has 28 heavy (non-hydrogen) atoms. The van der Waals surface area contributed by atoms with Crippen molar-refractivity contribution in [3.8, 4) is 5.75 Å². The Morgan fingerprint density at radius 2 is 1.93 bits per heavy atom. The van der Waals surface area contributed by atoms with Crippen LogP contribution in [0.2, 0.25) is 0 Å². The van der Waals surface area contributed by atoms with Crippen molar-refractivity contribution >= 4 is 5.91 Å². The van der Waals surface area contributed by atoms with E-state index < -0.39 is 0 Å². The highest BCUT2D eigenvalue weighted by Gasteiger charge is 2.21. The van der Waals surface area contributed by atoms with Gasteiger partial charge in [-0.2, -0.15) is 0 Å². The summed E-state index contributed by atoms with van der Waals surface area (Å²) in [7, 11) is 0. The first-order valence-corrected chi connectivity index (χ1v) is 10.2. The summed E-state index contributed by atoms with van der Waals surface area (Å²) in [5.41, 5.74) is 1.91. The van der Waals surface area contributed by atoms with Crippen molar-refractivity contribution in [1.82, 2.24) is 10.2 Å². The number of nitrogens with one attached hydrogen (secondary N) is 1. The zero-order chi connectivity index (χ0) is 19.6. The lowest BCUT2D eigenvalue weighted by molar-refractivity contribution is -0.0303. The fourth-order valence-corrected chi connectivity index (χ4v) is 3.41. The van der Waals surface area contributed by atoms with E-state index in [1.165, 1.54) is 5.56 Å². The number of hydrogen-bond donors (Lipinski definition) is 1. The van der Waals surface area contributed by atoms with Crippen molar-refractivity contribution in [3.05, 3.63) is 65.7 Å². The fraction of sp³-hybridized carbons (Fsp3) is 0.435. The standard InChI is InChI=1S/C23H30N2O3/c1-2-27-21-12-10-20(11-13-21)23(26)24-14-6-7-15-25-16-17-28-22(18-25)19-8-4-3-5-9-19/h3-5,8-13,22H,2,6-7,14-18H2,1H3,(H,24,26)/t22-/m1/s1. The highest BCUT2D eigenvalue weighted by Crippen LogP contribution is 2.22. The molecule has 0 saturated carbocycles. The SMILES string of the molecule is CCOc1ccc(C(=O)NCCCCN2CCO[C@@H](c3ccccc3)C2)cc1. The summed E-state index contributed by atoms with van der Waals surface area (Å²) in [6.07, 6.45) is 2.19. The largest absolute Gasteiger partial charge is 0.494 e. The van der Waals surface area contributed by atoms with Gasteiger partial charge in [0.2, 0.25) is 0 Å². The predicted octanol–water partition coefficient (Wildman–Crippen LogP) is 3.67. The van der Waals surface area contributed by atoms with Crippen LogP contribution in [0.25, 0.3) is 0 Å². The topological polar surface area (TPSA) is 50.8 Å². The van der Waals surface area contributed by atoms with E-state index in [1.54, 1.807) is 12.1 Å². The maximum atomic E-state index is 12.2. The van der Waals surface area contributed by atoms with Crippen LogP contribution in [0.3, 0.4) is 0 Å². The van der Waals surface area contributed by atoms with Gasteiger partial charge in [0.1, 0.15) is 5.75 Å². The summed E-state index contributed by atoms with van der Waals surface area (Å²) in [5.74, 6) is 0.761. The molecule has 0 bridgehead atoms. The fourth-order valence-electron chi connectivity index (χ4n) is 3.41. The molecule has 1 N–H and O–H groups in total. The van der Waals surface area contributed by atoms with E-state index in [0.717, 1.165) is 44.8 Å². The third-order valence-corrected chi connectivity index (χ3v) is 4.94. The molecule has 1 aliphatic heterocycles. The van der Waals surface area contributed by atoms with E-state index in [9.17, 15) is 4.79 Å². The van der Waals surface area contributed by atoms with E-state index in [0.29, 0.717) is 18.7 Å². The molecule has 2 aromatic rings. The molecule has 1 amide bonds. The van der Waals surface area contributed by atoms with Crippen molar-refractivity contribution in [2.75, 3.05) is 39.4 Å². The van der Waals surface area contributed by atoms with Gasteiger partial charge in [-0.1, -0.05) is 30.3 Å². The highest BCUT2D eigenvalue weighted by molar-refractivity contribution is 5.94. The Morgan fingerprint density at radius 1 is 1.14 bits per heavy atom. The van der Waals surface area contributed by atoms with Gasteiger partial charge in [-0.15, -0.1) is 0 Å². The molecule has 1 heterocycles. The minimum absolute atomic E-state index is 0.0291. The van der Waals surface area contributed by atoms with Gasteiger partial charge < -0.3 is 14.8 Å². The van der Waals surface area contributed by atoms with Crippen molar-refractivity contribution in [1.29, 1.82) is 0 Å². The number of amides is 1. The Kier molecular flexibility index (Phi) is 7.88. The summed E-state index contributed by atoms with van der Waals surface area (Å²) < 4.78 is 11.3. The Morgan fingerprint density at radius 3 is 2.68 bits per heavy atom. The maximum Gasteiger partial charge on any atom is 0.251 e. The Hall–Kier alpha value is -2.37. The monoisotopic (exact) mass is 382 g/mol. The molecule has 5 heteroatoms. The third-order valence-electron chi connectivity index (χ3n) is 4.94. The molecule has 1 fully saturated rings. The number of carbonyl (C=O) groups is 1. The molecule has 0 aromatic heterocycles. The number of nitrogens with zero attached hydrogens (tertiary/aromatic N) is 1. The third kappa shape index (κ3) is 6.08. The number of hydrogen-bond acceptors (Lipinski definition) is 4. The van der Waals surface area contributed by atoms with E-state index in [1.807, 2.05) is 25.1 Å². The molecular formula is C23H30N2O3. The lowest BCUT2D eigenvalue weighted by Crippen LogP contribution is -2.39. The van der Waals surface area contributed by atoms with Gasteiger partial charge in [0.05, 0.1) is 19.3 Å². The first-order chi connectivity index (χ1) is 13.8. The predicted molar refractivity (Wildman–Crippen MR) is 111 cm³/mol. The first-order valence-electron chi connectivity index (χ1n) is 10.2. The summed E-state index contributed by atoms with van der Waals surface area (Å²) >= 11 is 0. The first kappa shape index (κ1) is 20.4. The smallest absolute Gasteiger partial charge is 0.251 e. The average molecular weight is 383 g/mol. The van der Waals surface area contributed by atoms with Crippen LogP contribution < -0.4 is 10.1 Å². The van der Waals surface area contributed by atoms with Gasteiger partial charge in [0.25, 0.3) is 5.91 Å².